The van der Waals surface area contributed by atoms with E-state index in [4.69, 9.17) is 0 Å². The van der Waals surface area contributed by atoms with E-state index >= 15 is 0 Å². The van der Waals surface area contributed by atoms with Gasteiger partial charge in [-0.15, -0.1) is 0 Å². The summed E-state index contributed by atoms with van der Waals surface area (Å²) in [4.78, 5) is 30.4. The van der Waals surface area contributed by atoms with E-state index in [1.807, 2.05) is 4.90 Å². The van der Waals surface area contributed by atoms with Crippen LogP contribution in [0.15, 0.2) is 0 Å². The first-order valence-electron chi connectivity index (χ1n) is 10.7. The lowest BCUT2D eigenvalue weighted by Gasteiger charge is -2.43. The fourth-order valence-electron chi connectivity index (χ4n) is 4.80. The molecular formula is C20H36N4O2. The second-order valence-electron chi connectivity index (χ2n) is 8.30. The second-order valence-corrected chi connectivity index (χ2v) is 8.30. The minimum Gasteiger partial charge on any atom is -0.338 e. The third-order valence-electron chi connectivity index (χ3n) is 6.52. The van der Waals surface area contributed by atoms with Crippen molar-refractivity contribution in [1.82, 2.24) is 20.4 Å². The molecule has 2 N–H and O–H groups in total. The molecule has 6 nitrogen and oxygen atoms in total. The van der Waals surface area contributed by atoms with Crippen LogP contribution in [0, 0.1) is 0 Å². The molecule has 0 radical (unpaired) electrons. The van der Waals surface area contributed by atoms with E-state index in [2.05, 4.69) is 22.5 Å². The zero-order chi connectivity index (χ0) is 18.4. The molecule has 1 saturated heterocycles. The van der Waals surface area contributed by atoms with Crippen molar-refractivity contribution < 1.29 is 9.59 Å². The van der Waals surface area contributed by atoms with Crippen LogP contribution in [0.5, 0.6) is 0 Å². The molecule has 6 heteroatoms. The van der Waals surface area contributed by atoms with Crippen molar-refractivity contribution in [3.8, 4) is 0 Å². The molecule has 0 aromatic heterocycles. The molecular weight excluding hydrogens is 328 g/mol. The Labute approximate surface area is 158 Å². The maximum atomic E-state index is 13.4. The molecule has 2 saturated carbocycles. The van der Waals surface area contributed by atoms with Crippen LogP contribution in [-0.2, 0) is 4.79 Å². The molecule has 3 aliphatic rings. The molecule has 2 aliphatic carbocycles. The van der Waals surface area contributed by atoms with Gasteiger partial charge >= 0.3 is 6.03 Å². The van der Waals surface area contributed by atoms with Gasteiger partial charge in [0.05, 0.1) is 0 Å². The Kier molecular flexibility index (Phi) is 6.79. The maximum Gasteiger partial charge on any atom is 0.315 e. The van der Waals surface area contributed by atoms with Gasteiger partial charge in [0.15, 0.2) is 0 Å². The highest BCUT2D eigenvalue weighted by atomic mass is 16.2. The zero-order valence-corrected chi connectivity index (χ0v) is 16.4. The smallest absolute Gasteiger partial charge is 0.315 e. The van der Waals surface area contributed by atoms with Crippen molar-refractivity contribution in [1.29, 1.82) is 0 Å². The zero-order valence-electron chi connectivity index (χ0n) is 16.4. The first kappa shape index (κ1) is 19.5. The number of nitrogens with zero attached hydrogens (tertiary/aromatic N) is 2. The topological polar surface area (TPSA) is 64.7 Å². The van der Waals surface area contributed by atoms with Gasteiger partial charge in [-0.1, -0.05) is 45.4 Å². The van der Waals surface area contributed by atoms with Crippen molar-refractivity contribution >= 4 is 11.9 Å². The number of piperazine rings is 1. The highest BCUT2D eigenvalue weighted by Crippen LogP contribution is 2.30. The van der Waals surface area contributed by atoms with Crippen LogP contribution in [0.2, 0.25) is 0 Å². The predicted molar refractivity (Wildman–Crippen MR) is 103 cm³/mol. The molecule has 0 spiro atoms. The van der Waals surface area contributed by atoms with Crippen molar-refractivity contribution in [2.75, 3.05) is 32.7 Å². The second kappa shape index (κ2) is 9.07. The maximum absolute atomic E-state index is 13.4. The average molecular weight is 365 g/mol. The van der Waals surface area contributed by atoms with E-state index in [9.17, 15) is 9.59 Å². The number of rotatable bonds is 4. The highest BCUT2D eigenvalue weighted by Gasteiger charge is 2.44. The molecule has 0 aromatic carbocycles. The lowest BCUT2D eigenvalue weighted by Crippen LogP contribution is -2.64. The number of urea groups is 1. The van der Waals surface area contributed by atoms with Gasteiger partial charge in [0.1, 0.15) is 5.54 Å². The third-order valence-corrected chi connectivity index (χ3v) is 6.52. The largest absolute Gasteiger partial charge is 0.338 e. The summed E-state index contributed by atoms with van der Waals surface area (Å²) in [6.45, 7) is 6.63. The first-order valence-corrected chi connectivity index (χ1v) is 10.7. The highest BCUT2D eigenvalue weighted by molar-refractivity contribution is 5.91. The molecule has 26 heavy (non-hydrogen) atoms. The minimum absolute atomic E-state index is 0.139. The lowest BCUT2D eigenvalue weighted by atomic mass is 9.80. The van der Waals surface area contributed by atoms with Crippen LogP contribution in [0.1, 0.15) is 71.1 Å². The van der Waals surface area contributed by atoms with E-state index in [1.165, 1.54) is 19.3 Å². The fraction of sp³-hybridized carbons (Fsp3) is 0.900. The normalized spacial score (nSPS) is 24.9. The number of carbonyl (C=O) groups is 2. The van der Waals surface area contributed by atoms with Gasteiger partial charge in [-0.05, 0) is 32.2 Å². The van der Waals surface area contributed by atoms with E-state index in [1.54, 1.807) is 0 Å². The number of amides is 3. The van der Waals surface area contributed by atoms with Gasteiger partial charge < -0.3 is 20.4 Å². The minimum atomic E-state index is -0.689. The first-order chi connectivity index (χ1) is 12.6. The van der Waals surface area contributed by atoms with Crippen LogP contribution in [-0.4, -0.2) is 66.0 Å². The number of hydrogen-bond donors (Lipinski definition) is 2. The Balaban J connectivity index is 1.61. The van der Waals surface area contributed by atoms with Crippen LogP contribution in [0.3, 0.4) is 0 Å². The summed E-state index contributed by atoms with van der Waals surface area (Å²) in [6, 6.07) is 0.131. The quantitative estimate of drug-likeness (QED) is 0.805. The van der Waals surface area contributed by atoms with Gasteiger partial charge in [0, 0.05) is 32.2 Å². The van der Waals surface area contributed by atoms with Gasteiger partial charge in [-0.3, -0.25) is 4.79 Å². The average Bonchev–Trinajstić information content (AvgIpc) is 2.69. The molecule has 0 bridgehead atoms. The summed E-state index contributed by atoms with van der Waals surface area (Å²) in [7, 11) is 0. The Bertz CT molecular complexity index is 476. The van der Waals surface area contributed by atoms with Gasteiger partial charge in [0.25, 0.3) is 0 Å². The number of nitrogens with one attached hydrogen (secondary N) is 2. The molecule has 1 heterocycles. The molecule has 3 rings (SSSR count). The van der Waals surface area contributed by atoms with Crippen molar-refractivity contribution in [2.24, 2.45) is 0 Å². The van der Waals surface area contributed by atoms with E-state index < -0.39 is 5.54 Å². The summed E-state index contributed by atoms with van der Waals surface area (Å²) in [5.41, 5.74) is -0.689. The molecule has 1 aliphatic heterocycles. The third kappa shape index (κ3) is 4.70. The number of carbonyl (C=O) groups excluding carboxylic acids is 2. The Hall–Kier alpha value is -1.30. The van der Waals surface area contributed by atoms with Crippen LogP contribution >= 0.6 is 0 Å². The summed E-state index contributed by atoms with van der Waals surface area (Å²) < 4.78 is 0. The molecule has 3 fully saturated rings. The lowest BCUT2D eigenvalue weighted by molar-refractivity contribution is -0.141. The van der Waals surface area contributed by atoms with Crippen LogP contribution in [0.4, 0.5) is 4.79 Å². The van der Waals surface area contributed by atoms with Crippen molar-refractivity contribution in [3.05, 3.63) is 0 Å². The standard InChI is InChI=1S/C20H36N4O2/c1-2-23-13-15-24(16-14-23)18(25)20(11-7-4-8-12-20)22-19(26)21-17-9-5-3-6-10-17/h17H,2-16H2,1H3,(H2,21,22,26). The predicted octanol–water partition coefficient (Wildman–Crippen LogP) is 2.49. The Morgan fingerprint density at radius 2 is 1.54 bits per heavy atom. The fourth-order valence-corrected chi connectivity index (χ4v) is 4.80. The summed E-state index contributed by atoms with van der Waals surface area (Å²) in [5.74, 6) is 0.145. The van der Waals surface area contributed by atoms with E-state index in [0.29, 0.717) is 0 Å². The van der Waals surface area contributed by atoms with Crippen molar-refractivity contribution in [3.63, 3.8) is 0 Å². The number of hydrogen-bond acceptors (Lipinski definition) is 3. The van der Waals surface area contributed by atoms with Crippen LogP contribution in [0.25, 0.3) is 0 Å². The van der Waals surface area contributed by atoms with Gasteiger partial charge in [-0.25, -0.2) is 4.79 Å². The summed E-state index contributed by atoms with van der Waals surface area (Å²) >= 11 is 0. The molecule has 148 valence electrons. The monoisotopic (exact) mass is 364 g/mol. The summed E-state index contributed by atoms with van der Waals surface area (Å²) in [6.07, 6.45) is 10.5. The Morgan fingerprint density at radius 3 is 2.15 bits per heavy atom. The van der Waals surface area contributed by atoms with Crippen LogP contribution < -0.4 is 10.6 Å². The van der Waals surface area contributed by atoms with Gasteiger partial charge in [-0.2, -0.15) is 0 Å². The van der Waals surface area contributed by atoms with E-state index in [-0.39, 0.29) is 18.0 Å². The SMILES string of the molecule is CCN1CCN(C(=O)C2(NC(=O)NC3CCCCC3)CCCCC2)CC1. The molecule has 0 aromatic rings. The van der Waals surface area contributed by atoms with Crippen molar-refractivity contribution in [2.45, 2.75) is 82.7 Å². The molecule has 0 atom stereocenters. The summed E-state index contributed by atoms with van der Waals surface area (Å²) in [5, 5.41) is 6.28. The van der Waals surface area contributed by atoms with E-state index in [0.717, 1.165) is 77.7 Å². The molecule has 3 amide bonds. The molecule has 0 unspecified atom stereocenters. The number of likely N-dealkylation sites (N-methyl/N-ethyl adjacent to an activating group) is 1. The van der Waals surface area contributed by atoms with Gasteiger partial charge in [0.2, 0.25) is 5.91 Å². The Morgan fingerprint density at radius 1 is 0.923 bits per heavy atom.